The van der Waals surface area contributed by atoms with Crippen LogP contribution in [0, 0.1) is 0 Å². The van der Waals surface area contributed by atoms with Crippen molar-refractivity contribution in [2.75, 3.05) is 6.61 Å². The van der Waals surface area contributed by atoms with Gasteiger partial charge in [-0.25, -0.2) is 4.79 Å². The summed E-state index contributed by atoms with van der Waals surface area (Å²) in [6.45, 7) is 0.00147. The molecule has 0 rings (SSSR count). The second kappa shape index (κ2) is 6.82. The Labute approximate surface area is 71.1 Å². The van der Waals surface area contributed by atoms with Crippen LogP contribution < -0.4 is 0 Å². The van der Waals surface area contributed by atoms with E-state index in [9.17, 15) is 4.79 Å². The van der Waals surface area contributed by atoms with Gasteiger partial charge in [0, 0.05) is 0 Å². The fourth-order valence-electron chi connectivity index (χ4n) is 0.745. The van der Waals surface area contributed by atoms with Crippen LogP contribution in [0.25, 0.3) is 0 Å². The summed E-state index contributed by atoms with van der Waals surface area (Å²) in [5, 5.41) is 25.4. The molecule has 0 saturated heterocycles. The van der Waals surface area contributed by atoms with Gasteiger partial charge in [0.25, 0.3) is 0 Å². The summed E-state index contributed by atoms with van der Waals surface area (Å²) in [7, 11) is 0. The molecule has 0 fully saturated rings. The van der Waals surface area contributed by atoms with E-state index in [2.05, 4.69) is 0 Å². The Bertz CT molecular complexity index is 153. The van der Waals surface area contributed by atoms with E-state index >= 15 is 0 Å². The molecule has 0 aliphatic rings. The Balaban J connectivity index is 3.31. The van der Waals surface area contributed by atoms with Crippen LogP contribution in [0.5, 0.6) is 0 Å². The molecule has 1 atom stereocenters. The van der Waals surface area contributed by atoms with Gasteiger partial charge in [-0.3, -0.25) is 0 Å². The normalized spacial score (nSPS) is 13.5. The summed E-state index contributed by atoms with van der Waals surface area (Å²) >= 11 is 0. The number of aliphatic hydroxyl groups is 2. The number of hydrogen-bond donors (Lipinski definition) is 3. The average Bonchev–Trinajstić information content (AvgIpc) is 2.03. The summed E-state index contributed by atoms with van der Waals surface area (Å²) in [5.41, 5.74) is 0. The standard InChI is InChI=1S/C8H14O4/c9-6-4-2-1-3-5-7(10)8(11)12/h2,4,7,9-10H,1,3,5-6H2,(H,11,12). The molecule has 0 radical (unpaired) electrons. The number of aliphatic carboxylic acids is 1. The van der Waals surface area contributed by atoms with E-state index in [4.69, 9.17) is 15.3 Å². The van der Waals surface area contributed by atoms with E-state index in [0.717, 1.165) is 0 Å². The number of unbranched alkanes of at least 4 members (excludes halogenated alkanes) is 1. The highest BCUT2D eigenvalue weighted by atomic mass is 16.4. The summed E-state index contributed by atoms with van der Waals surface area (Å²) < 4.78 is 0. The number of carboxylic acid groups (broad SMARTS) is 1. The molecule has 0 amide bonds. The van der Waals surface area contributed by atoms with Crippen LogP contribution in [0.2, 0.25) is 0 Å². The quantitative estimate of drug-likeness (QED) is 0.395. The molecule has 3 N–H and O–H groups in total. The molecule has 1 unspecified atom stereocenters. The number of aliphatic hydroxyl groups excluding tert-OH is 2. The number of carbonyl (C=O) groups is 1. The number of rotatable bonds is 6. The van der Waals surface area contributed by atoms with E-state index in [1.54, 1.807) is 12.2 Å². The molecule has 0 aromatic carbocycles. The first-order valence-electron chi connectivity index (χ1n) is 3.85. The van der Waals surface area contributed by atoms with E-state index in [-0.39, 0.29) is 13.0 Å². The molecule has 0 bridgehead atoms. The van der Waals surface area contributed by atoms with Crippen molar-refractivity contribution in [2.45, 2.75) is 25.4 Å². The monoisotopic (exact) mass is 174 g/mol. The van der Waals surface area contributed by atoms with Gasteiger partial charge >= 0.3 is 5.97 Å². The van der Waals surface area contributed by atoms with Crippen LogP contribution in [-0.4, -0.2) is 34.0 Å². The summed E-state index contributed by atoms with van der Waals surface area (Å²) in [6.07, 6.45) is 3.65. The molecular formula is C8H14O4. The van der Waals surface area contributed by atoms with E-state index < -0.39 is 12.1 Å². The van der Waals surface area contributed by atoms with Crippen LogP contribution in [0.15, 0.2) is 12.2 Å². The smallest absolute Gasteiger partial charge is 0.332 e. The maximum absolute atomic E-state index is 10.1. The van der Waals surface area contributed by atoms with Gasteiger partial charge in [0.05, 0.1) is 6.61 Å². The lowest BCUT2D eigenvalue weighted by Crippen LogP contribution is -2.18. The minimum absolute atomic E-state index is 0.00147. The van der Waals surface area contributed by atoms with Crippen LogP contribution in [0.3, 0.4) is 0 Å². The van der Waals surface area contributed by atoms with Crippen LogP contribution >= 0.6 is 0 Å². The van der Waals surface area contributed by atoms with E-state index in [0.29, 0.717) is 12.8 Å². The molecule has 0 aromatic heterocycles. The zero-order chi connectivity index (χ0) is 9.40. The SMILES string of the molecule is O=C(O)C(O)CCCC=CCO. The highest BCUT2D eigenvalue weighted by molar-refractivity contribution is 5.71. The Kier molecular flexibility index (Phi) is 6.32. The van der Waals surface area contributed by atoms with Gasteiger partial charge in [-0.2, -0.15) is 0 Å². The molecule has 0 aromatic rings. The molecule has 4 heteroatoms. The number of carboxylic acids is 1. The molecular weight excluding hydrogens is 160 g/mol. The molecule has 0 aliphatic carbocycles. The lowest BCUT2D eigenvalue weighted by molar-refractivity contribution is -0.146. The molecule has 0 saturated carbocycles. The fourth-order valence-corrected chi connectivity index (χ4v) is 0.745. The van der Waals surface area contributed by atoms with Crippen molar-refractivity contribution in [1.82, 2.24) is 0 Å². The van der Waals surface area contributed by atoms with E-state index in [1.807, 2.05) is 0 Å². The fraction of sp³-hybridized carbons (Fsp3) is 0.625. The molecule has 0 aliphatic heterocycles. The van der Waals surface area contributed by atoms with Crippen molar-refractivity contribution in [3.8, 4) is 0 Å². The zero-order valence-electron chi connectivity index (χ0n) is 6.81. The van der Waals surface area contributed by atoms with Gasteiger partial charge in [-0.05, 0) is 19.3 Å². The van der Waals surface area contributed by atoms with Crippen molar-refractivity contribution < 1.29 is 20.1 Å². The van der Waals surface area contributed by atoms with Gasteiger partial charge in [-0.15, -0.1) is 0 Å². The van der Waals surface area contributed by atoms with Gasteiger partial charge in [0.1, 0.15) is 0 Å². The van der Waals surface area contributed by atoms with Crippen molar-refractivity contribution in [1.29, 1.82) is 0 Å². The topological polar surface area (TPSA) is 77.8 Å². The highest BCUT2D eigenvalue weighted by Gasteiger charge is 2.10. The van der Waals surface area contributed by atoms with E-state index in [1.165, 1.54) is 0 Å². The maximum atomic E-state index is 10.1. The van der Waals surface area contributed by atoms with Gasteiger partial charge in [-0.1, -0.05) is 12.2 Å². The molecule has 4 nitrogen and oxygen atoms in total. The first kappa shape index (κ1) is 11.1. The van der Waals surface area contributed by atoms with Crippen LogP contribution in [-0.2, 0) is 4.79 Å². The van der Waals surface area contributed by atoms with Gasteiger partial charge in [0.2, 0.25) is 0 Å². The van der Waals surface area contributed by atoms with Gasteiger partial charge in [0.15, 0.2) is 6.10 Å². The Hall–Kier alpha value is -0.870. The van der Waals surface area contributed by atoms with Crippen LogP contribution in [0.1, 0.15) is 19.3 Å². The highest BCUT2D eigenvalue weighted by Crippen LogP contribution is 2.01. The minimum atomic E-state index is -1.26. The van der Waals surface area contributed by atoms with Crippen LogP contribution in [0.4, 0.5) is 0 Å². The third-order valence-corrected chi connectivity index (χ3v) is 1.41. The van der Waals surface area contributed by atoms with Crippen molar-refractivity contribution in [2.24, 2.45) is 0 Å². The third kappa shape index (κ3) is 5.88. The largest absolute Gasteiger partial charge is 0.479 e. The third-order valence-electron chi connectivity index (χ3n) is 1.41. The number of hydrogen-bond acceptors (Lipinski definition) is 3. The predicted molar refractivity (Wildman–Crippen MR) is 43.7 cm³/mol. The predicted octanol–water partition coefficient (Wildman–Crippen LogP) is 0.151. The first-order valence-corrected chi connectivity index (χ1v) is 3.85. The second-order valence-electron chi connectivity index (χ2n) is 2.44. The molecule has 0 spiro atoms. The second-order valence-corrected chi connectivity index (χ2v) is 2.44. The van der Waals surface area contributed by atoms with Gasteiger partial charge < -0.3 is 15.3 Å². The summed E-state index contributed by atoms with van der Waals surface area (Å²) in [6, 6.07) is 0. The molecule has 0 heterocycles. The molecule has 12 heavy (non-hydrogen) atoms. The summed E-state index contributed by atoms with van der Waals surface area (Å²) in [5.74, 6) is -1.18. The Morgan fingerprint density at radius 2 is 2.08 bits per heavy atom. The molecule has 70 valence electrons. The van der Waals surface area contributed by atoms with Crippen molar-refractivity contribution >= 4 is 5.97 Å². The maximum Gasteiger partial charge on any atom is 0.332 e. The lowest BCUT2D eigenvalue weighted by Gasteiger charge is -2.02. The van der Waals surface area contributed by atoms with Crippen molar-refractivity contribution in [3.05, 3.63) is 12.2 Å². The summed E-state index contributed by atoms with van der Waals surface area (Å²) in [4.78, 5) is 10.1. The minimum Gasteiger partial charge on any atom is -0.479 e. The first-order chi connectivity index (χ1) is 5.68. The van der Waals surface area contributed by atoms with Crippen molar-refractivity contribution in [3.63, 3.8) is 0 Å². The Morgan fingerprint density at radius 3 is 2.58 bits per heavy atom. The lowest BCUT2D eigenvalue weighted by atomic mass is 10.1. The zero-order valence-corrected chi connectivity index (χ0v) is 6.81. The Morgan fingerprint density at radius 1 is 1.42 bits per heavy atom. The number of allylic oxidation sites excluding steroid dienone is 1. The average molecular weight is 174 g/mol.